The first-order valence-electron chi connectivity index (χ1n) is 3.68. The Kier molecular flexibility index (Phi) is 2.49. The van der Waals surface area contributed by atoms with Gasteiger partial charge in [-0.15, -0.1) is 0 Å². The van der Waals surface area contributed by atoms with Crippen LogP contribution in [0.25, 0.3) is 0 Å². The molecule has 0 spiro atoms. The fourth-order valence-corrected chi connectivity index (χ4v) is 1.45. The van der Waals surface area contributed by atoms with Crippen LogP contribution in [0, 0.1) is 5.92 Å². The van der Waals surface area contributed by atoms with Crippen molar-refractivity contribution in [1.29, 1.82) is 0 Å². The third-order valence-electron chi connectivity index (χ3n) is 2.05. The second kappa shape index (κ2) is 3.40. The maximum atomic E-state index is 9.89. The van der Waals surface area contributed by atoms with Crippen molar-refractivity contribution in [3.8, 4) is 0 Å². The van der Waals surface area contributed by atoms with E-state index in [1.54, 1.807) is 6.29 Å². The van der Waals surface area contributed by atoms with E-state index in [0.717, 1.165) is 12.8 Å². The first-order valence-corrected chi connectivity index (χ1v) is 3.68. The quantitative estimate of drug-likeness (QED) is 0.581. The SMILES string of the molecule is NC(=C[C]=O)C1CCCC1. The molecule has 2 N–H and O–H groups in total. The van der Waals surface area contributed by atoms with E-state index in [-0.39, 0.29) is 0 Å². The average Bonchev–Trinajstić information content (AvgIpc) is 2.38. The molecule has 0 aliphatic heterocycles. The Labute approximate surface area is 61.1 Å². The number of allylic oxidation sites excluding steroid dienone is 2. The molecule has 1 rings (SSSR count). The van der Waals surface area contributed by atoms with Crippen molar-refractivity contribution < 1.29 is 4.79 Å². The van der Waals surface area contributed by atoms with Gasteiger partial charge in [-0.2, -0.15) is 0 Å². The first kappa shape index (κ1) is 7.32. The van der Waals surface area contributed by atoms with Gasteiger partial charge in [0.05, 0.1) is 0 Å². The summed E-state index contributed by atoms with van der Waals surface area (Å²) in [6.45, 7) is 0. The molecule has 1 radical (unpaired) electrons. The largest absolute Gasteiger partial charge is 0.402 e. The van der Waals surface area contributed by atoms with E-state index >= 15 is 0 Å². The van der Waals surface area contributed by atoms with Crippen LogP contribution in [-0.4, -0.2) is 6.29 Å². The van der Waals surface area contributed by atoms with E-state index in [4.69, 9.17) is 5.73 Å². The fraction of sp³-hybridized carbons (Fsp3) is 0.625. The standard InChI is InChI=1S/C8H12NO/c9-8(5-6-10)7-3-1-2-4-7/h5,7H,1-4,9H2. The number of rotatable bonds is 2. The van der Waals surface area contributed by atoms with Crippen molar-refractivity contribution in [1.82, 2.24) is 0 Å². The zero-order valence-corrected chi connectivity index (χ0v) is 5.97. The van der Waals surface area contributed by atoms with Gasteiger partial charge in [0.25, 0.3) is 0 Å². The Hall–Kier alpha value is -0.790. The predicted octanol–water partition coefficient (Wildman–Crippen LogP) is 1.13. The number of hydrogen-bond acceptors (Lipinski definition) is 2. The van der Waals surface area contributed by atoms with Crippen molar-refractivity contribution >= 4 is 6.29 Å². The van der Waals surface area contributed by atoms with Crippen LogP contribution in [0.2, 0.25) is 0 Å². The van der Waals surface area contributed by atoms with Gasteiger partial charge in [-0.25, -0.2) is 0 Å². The summed E-state index contributed by atoms with van der Waals surface area (Å²) in [4.78, 5) is 9.89. The van der Waals surface area contributed by atoms with Gasteiger partial charge in [0.1, 0.15) is 0 Å². The summed E-state index contributed by atoms with van der Waals surface area (Å²) in [6.07, 6.45) is 7.85. The maximum Gasteiger partial charge on any atom is 0.227 e. The van der Waals surface area contributed by atoms with Gasteiger partial charge < -0.3 is 5.73 Å². The van der Waals surface area contributed by atoms with Crippen LogP contribution < -0.4 is 5.73 Å². The Morgan fingerprint density at radius 1 is 1.50 bits per heavy atom. The molecule has 55 valence electrons. The summed E-state index contributed by atoms with van der Waals surface area (Å²) in [5, 5.41) is 0. The fourth-order valence-electron chi connectivity index (χ4n) is 1.45. The second-order valence-electron chi connectivity index (χ2n) is 2.74. The smallest absolute Gasteiger partial charge is 0.227 e. The molecule has 0 heterocycles. The van der Waals surface area contributed by atoms with E-state index in [9.17, 15) is 4.79 Å². The van der Waals surface area contributed by atoms with Crippen molar-refractivity contribution in [3.63, 3.8) is 0 Å². The van der Waals surface area contributed by atoms with Gasteiger partial charge >= 0.3 is 0 Å². The summed E-state index contributed by atoms with van der Waals surface area (Å²) in [5.74, 6) is 0.460. The van der Waals surface area contributed by atoms with Gasteiger partial charge in [-0.3, -0.25) is 4.79 Å². The molecule has 0 unspecified atom stereocenters. The van der Waals surface area contributed by atoms with Crippen molar-refractivity contribution in [2.45, 2.75) is 25.7 Å². The zero-order valence-electron chi connectivity index (χ0n) is 5.97. The van der Waals surface area contributed by atoms with Gasteiger partial charge in [0.2, 0.25) is 6.29 Å². The van der Waals surface area contributed by atoms with Crippen LogP contribution in [0.15, 0.2) is 11.8 Å². The first-order chi connectivity index (χ1) is 4.84. The molecular weight excluding hydrogens is 126 g/mol. The number of carbonyl (C=O) groups excluding carboxylic acids is 1. The molecule has 0 aromatic heterocycles. The second-order valence-corrected chi connectivity index (χ2v) is 2.74. The zero-order chi connectivity index (χ0) is 7.40. The highest BCUT2D eigenvalue weighted by molar-refractivity contribution is 5.66. The number of nitrogens with two attached hydrogens (primary N) is 1. The minimum absolute atomic E-state index is 0.460. The lowest BCUT2D eigenvalue weighted by atomic mass is 10.0. The van der Waals surface area contributed by atoms with Gasteiger partial charge in [0, 0.05) is 11.8 Å². The van der Waals surface area contributed by atoms with E-state index in [1.165, 1.54) is 18.9 Å². The highest BCUT2D eigenvalue weighted by Crippen LogP contribution is 2.28. The summed E-state index contributed by atoms with van der Waals surface area (Å²) in [7, 11) is 0. The summed E-state index contributed by atoms with van der Waals surface area (Å²) in [5.41, 5.74) is 6.30. The highest BCUT2D eigenvalue weighted by Gasteiger charge is 2.16. The van der Waals surface area contributed by atoms with Crippen LogP contribution in [-0.2, 0) is 4.79 Å². The summed E-state index contributed by atoms with van der Waals surface area (Å²) < 4.78 is 0. The minimum atomic E-state index is 0.460. The molecule has 1 saturated carbocycles. The third kappa shape index (κ3) is 1.59. The Morgan fingerprint density at radius 3 is 2.60 bits per heavy atom. The van der Waals surface area contributed by atoms with Gasteiger partial charge in [-0.1, -0.05) is 12.8 Å². The van der Waals surface area contributed by atoms with Crippen molar-refractivity contribution in [2.75, 3.05) is 0 Å². The maximum absolute atomic E-state index is 9.89. The van der Waals surface area contributed by atoms with E-state index in [2.05, 4.69) is 0 Å². The normalized spacial score (nSPS) is 21.4. The van der Waals surface area contributed by atoms with Crippen molar-refractivity contribution in [3.05, 3.63) is 11.8 Å². The lowest BCUT2D eigenvalue weighted by Crippen LogP contribution is -2.08. The van der Waals surface area contributed by atoms with Crippen LogP contribution in [0.4, 0.5) is 0 Å². The van der Waals surface area contributed by atoms with Crippen LogP contribution in [0.1, 0.15) is 25.7 Å². The predicted molar refractivity (Wildman–Crippen MR) is 39.9 cm³/mol. The van der Waals surface area contributed by atoms with E-state index < -0.39 is 0 Å². The average molecular weight is 138 g/mol. The topological polar surface area (TPSA) is 43.1 Å². The molecule has 2 nitrogen and oxygen atoms in total. The van der Waals surface area contributed by atoms with Gasteiger partial charge in [-0.05, 0) is 18.8 Å². The molecule has 10 heavy (non-hydrogen) atoms. The molecule has 0 amide bonds. The third-order valence-corrected chi connectivity index (χ3v) is 2.05. The molecular formula is C8H12NO. The van der Waals surface area contributed by atoms with Gasteiger partial charge in [0.15, 0.2) is 0 Å². The molecule has 0 bridgehead atoms. The number of hydrogen-bond donors (Lipinski definition) is 1. The monoisotopic (exact) mass is 138 g/mol. The molecule has 0 saturated heterocycles. The van der Waals surface area contributed by atoms with Crippen LogP contribution in [0.5, 0.6) is 0 Å². The minimum Gasteiger partial charge on any atom is -0.402 e. The van der Waals surface area contributed by atoms with Crippen LogP contribution in [0.3, 0.4) is 0 Å². The molecule has 1 aliphatic carbocycles. The summed E-state index contributed by atoms with van der Waals surface area (Å²) >= 11 is 0. The molecule has 2 heteroatoms. The summed E-state index contributed by atoms with van der Waals surface area (Å²) in [6, 6.07) is 0. The van der Waals surface area contributed by atoms with E-state index in [1.807, 2.05) is 0 Å². The van der Waals surface area contributed by atoms with E-state index in [0.29, 0.717) is 11.6 Å². The Balaban J connectivity index is 2.46. The molecule has 0 atom stereocenters. The molecule has 0 aromatic carbocycles. The molecule has 1 aliphatic rings. The van der Waals surface area contributed by atoms with Crippen molar-refractivity contribution in [2.24, 2.45) is 11.7 Å². The Morgan fingerprint density at radius 2 is 2.10 bits per heavy atom. The molecule has 1 fully saturated rings. The highest BCUT2D eigenvalue weighted by atomic mass is 16.1. The lowest BCUT2D eigenvalue weighted by Gasteiger charge is -2.06. The lowest BCUT2D eigenvalue weighted by molar-refractivity contribution is 0.562. The Bertz CT molecular complexity index is 145. The molecule has 0 aromatic rings. The van der Waals surface area contributed by atoms with Crippen LogP contribution >= 0.6 is 0 Å².